The molecule has 0 amide bonds. The average Bonchev–Trinajstić information content (AvgIpc) is 3.57. The number of fused-ring (bicyclic) bond motifs is 2. The lowest BCUT2D eigenvalue weighted by molar-refractivity contribution is 0.432. The Morgan fingerprint density at radius 3 is 2.67 bits per heavy atom. The van der Waals surface area contributed by atoms with Crippen molar-refractivity contribution in [1.29, 1.82) is 0 Å². The summed E-state index contributed by atoms with van der Waals surface area (Å²) in [6, 6.07) is 4.06. The Hall–Kier alpha value is -4.34. The van der Waals surface area contributed by atoms with Gasteiger partial charge < -0.3 is 8.94 Å². The first-order chi connectivity index (χ1) is 16.0. The molecule has 6 heterocycles. The summed E-state index contributed by atoms with van der Waals surface area (Å²) in [4.78, 5) is 18.1. The summed E-state index contributed by atoms with van der Waals surface area (Å²) < 4.78 is 15.2. The summed E-state index contributed by atoms with van der Waals surface area (Å²) in [6.45, 7) is 7.98. The zero-order valence-electron chi connectivity index (χ0n) is 18.5. The molecule has 164 valence electrons. The lowest BCUT2D eigenvalue weighted by Gasteiger charge is -2.09. The van der Waals surface area contributed by atoms with Gasteiger partial charge in [0.2, 0.25) is 5.82 Å². The first-order valence-electron chi connectivity index (χ1n) is 10.6. The number of aryl methyl sites for hydroxylation is 2. The van der Waals surface area contributed by atoms with Crippen LogP contribution in [0.5, 0.6) is 0 Å². The number of aromatic nitrogens is 8. The Labute approximate surface area is 187 Å². The molecular weight excluding hydrogens is 420 g/mol. The van der Waals surface area contributed by atoms with Crippen LogP contribution in [0.2, 0.25) is 0 Å². The predicted molar refractivity (Wildman–Crippen MR) is 120 cm³/mol. The van der Waals surface area contributed by atoms with Gasteiger partial charge in [0.05, 0.1) is 35.2 Å². The van der Waals surface area contributed by atoms with Gasteiger partial charge in [-0.1, -0.05) is 5.16 Å². The molecule has 33 heavy (non-hydrogen) atoms. The van der Waals surface area contributed by atoms with Gasteiger partial charge in [-0.3, -0.25) is 9.38 Å². The van der Waals surface area contributed by atoms with Crippen molar-refractivity contribution >= 4 is 16.7 Å². The van der Waals surface area contributed by atoms with Crippen molar-refractivity contribution in [3.05, 3.63) is 54.6 Å². The molecule has 0 atom stereocenters. The van der Waals surface area contributed by atoms with Crippen molar-refractivity contribution in [3.8, 4) is 34.2 Å². The number of pyridine rings is 1. The van der Waals surface area contributed by atoms with Crippen LogP contribution in [0.3, 0.4) is 0 Å². The second kappa shape index (κ2) is 7.09. The Bertz CT molecular complexity index is 1640. The van der Waals surface area contributed by atoms with E-state index in [1.807, 2.05) is 41.3 Å². The summed E-state index contributed by atoms with van der Waals surface area (Å²) in [7, 11) is 0. The largest absolute Gasteiger partial charge is 0.466 e. The van der Waals surface area contributed by atoms with E-state index in [0.29, 0.717) is 23.1 Å². The molecule has 10 heteroatoms. The van der Waals surface area contributed by atoms with E-state index in [4.69, 9.17) is 18.9 Å². The zero-order chi connectivity index (χ0) is 22.7. The highest BCUT2D eigenvalue weighted by molar-refractivity contribution is 5.93. The summed E-state index contributed by atoms with van der Waals surface area (Å²) >= 11 is 0. The van der Waals surface area contributed by atoms with Crippen LogP contribution in [0.15, 0.2) is 52.1 Å². The normalized spacial score (nSPS) is 11.9. The first-order valence-corrected chi connectivity index (χ1v) is 10.6. The number of furan rings is 1. The Kier molecular flexibility index (Phi) is 4.16. The molecule has 6 aromatic heterocycles. The Balaban J connectivity index is 1.56. The van der Waals surface area contributed by atoms with Gasteiger partial charge in [0.1, 0.15) is 17.2 Å². The Morgan fingerprint density at radius 2 is 1.88 bits per heavy atom. The quantitative estimate of drug-likeness (QED) is 0.389. The Morgan fingerprint density at radius 1 is 1.00 bits per heavy atom. The first kappa shape index (κ1) is 19.4. The van der Waals surface area contributed by atoms with Crippen molar-refractivity contribution in [2.75, 3.05) is 0 Å². The second-order valence-corrected chi connectivity index (χ2v) is 8.17. The van der Waals surface area contributed by atoms with Gasteiger partial charge in [-0.15, -0.1) is 0 Å². The van der Waals surface area contributed by atoms with Crippen LogP contribution in [-0.2, 0) is 0 Å². The molecule has 0 N–H and O–H groups in total. The highest BCUT2D eigenvalue weighted by atomic mass is 16.5. The number of rotatable bonds is 4. The van der Waals surface area contributed by atoms with Gasteiger partial charge in [-0.05, 0) is 39.8 Å². The number of hydrogen-bond acceptors (Lipinski definition) is 8. The van der Waals surface area contributed by atoms with E-state index < -0.39 is 0 Å². The third-order valence-corrected chi connectivity index (χ3v) is 5.58. The standard InChI is InChI=1S/C23H20N8O2/c1-12(2)31-22-17(9-26-31)16(8-18(27-22)15-7-13(3)32-14(15)4)23-28-21(29-33-23)19-10-25-20-11-24-5-6-30(19)20/h5-12H,1-4H3. The predicted octanol–water partition coefficient (Wildman–Crippen LogP) is 4.65. The zero-order valence-corrected chi connectivity index (χ0v) is 18.5. The molecule has 0 unspecified atom stereocenters. The summed E-state index contributed by atoms with van der Waals surface area (Å²) in [5, 5.41) is 9.62. The lowest BCUT2D eigenvalue weighted by atomic mass is 10.1. The average molecular weight is 440 g/mol. The maximum absolute atomic E-state index is 5.75. The van der Waals surface area contributed by atoms with Gasteiger partial charge in [-0.25, -0.2) is 14.6 Å². The summed E-state index contributed by atoms with van der Waals surface area (Å²) in [5.74, 6) is 2.43. The summed E-state index contributed by atoms with van der Waals surface area (Å²) in [6.07, 6.45) is 8.67. The smallest absolute Gasteiger partial charge is 0.259 e. The molecule has 0 saturated heterocycles. The molecule has 0 saturated carbocycles. The van der Waals surface area contributed by atoms with Crippen LogP contribution in [-0.4, -0.2) is 39.3 Å². The fourth-order valence-corrected chi connectivity index (χ4v) is 4.04. The van der Waals surface area contributed by atoms with Crippen LogP contribution < -0.4 is 0 Å². The highest BCUT2D eigenvalue weighted by Crippen LogP contribution is 2.35. The SMILES string of the molecule is Cc1cc(-c2cc(-c3nc(-c4cnc5cnccn45)no3)c3cnn(C(C)C)c3n2)c(C)o1. The topological polar surface area (TPSA) is 113 Å². The monoisotopic (exact) mass is 440 g/mol. The molecule has 0 aliphatic heterocycles. The minimum absolute atomic E-state index is 0.135. The van der Waals surface area contributed by atoms with Gasteiger partial charge in [0.25, 0.3) is 5.89 Å². The minimum Gasteiger partial charge on any atom is -0.466 e. The van der Waals surface area contributed by atoms with Gasteiger partial charge in [-0.2, -0.15) is 10.1 Å². The second-order valence-electron chi connectivity index (χ2n) is 8.17. The molecule has 0 aliphatic carbocycles. The molecule has 0 fully saturated rings. The molecule has 6 rings (SSSR count). The molecule has 6 aromatic rings. The number of hydrogen-bond donors (Lipinski definition) is 0. The molecule has 0 radical (unpaired) electrons. The molecule has 0 aliphatic rings. The summed E-state index contributed by atoms with van der Waals surface area (Å²) in [5.41, 5.74) is 4.60. The molecule has 0 spiro atoms. The third-order valence-electron chi connectivity index (χ3n) is 5.58. The van der Waals surface area contributed by atoms with Crippen LogP contribution in [0.1, 0.15) is 31.4 Å². The van der Waals surface area contributed by atoms with Crippen LogP contribution in [0.4, 0.5) is 0 Å². The fourth-order valence-electron chi connectivity index (χ4n) is 4.04. The van der Waals surface area contributed by atoms with E-state index in [2.05, 4.69) is 34.1 Å². The van der Waals surface area contributed by atoms with Crippen molar-refractivity contribution < 1.29 is 8.94 Å². The minimum atomic E-state index is 0.135. The van der Waals surface area contributed by atoms with Crippen LogP contribution in [0, 0.1) is 13.8 Å². The van der Waals surface area contributed by atoms with Gasteiger partial charge in [0.15, 0.2) is 11.3 Å². The fraction of sp³-hybridized carbons (Fsp3) is 0.217. The maximum Gasteiger partial charge on any atom is 0.259 e. The molecular formula is C23H20N8O2. The van der Waals surface area contributed by atoms with Crippen molar-refractivity contribution in [3.63, 3.8) is 0 Å². The van der Waals surface area contributed by atoms with E-state index in [-0.39, 0.29) is 6.04 Å². The molecule has 10 nitrogen and oxygen atoms in total. The number of nitrogens with zero attached hydrogens (tertiary/aromatic N) is 8. The van der Waals surface area contributed by atoms with E-state index in [1.54, 1.807) is 24.8 Å². The van der Waals surface area contributed by atoms with Crippen molar-refractivity contribution in [2.45, 2.75) is 33.7 Å². The van der Waals surface area contributed by atoms with Crippen molar-refractivity contribution in [2.24, 2.45) is 0 Å². The van der Waals surface area contributed by atoms with Crippen LogP contribution >= 0.6 is 0 Å². The van der Waals surface area contributed by atoms with E-state index in [9.17, 15) is 0 Å². The van der Waals surface area contributed by atoms with Crippen molar-refractivity contribution in [1.82, 2.24) is 39.3 Å². The molecule has 0 bridgehead atoms. The van der Waals surface area contributed by atoms with E-state index in [0.717, 1.165) is 39.4 Å². The maximum atomic E-state index is 5.75. The van der Waals surface area contributed by atoms with Gasteiger partial charge in [0, 0.05) is 24.0 Å². The highest BCUT2D eigenvalue weighted by Gasteiger charge is 2.22. The van der Waals surface area contributed by atoms with E-state index >= 15 is 0 Å². The third kappa shape index (κ3) is 3.02. The van der Waals surface area contributed by atoms with Crippen LogP contribution in [0.25, 0.3) is 50.9 Å². The lowest BCUT2D eigenvalue weighted by Crippen LogP contribution is -2.04. The number of imidazole rings is 1. The van der Waals surface area contributed by atoms with E-state index in [1.165, 1.54) is 0 Å². The molecule has 0 aromatic carbocycles. The van der Waals surface area contributed by atoms with Gasteiger partial charge >= 0.3 is 0 Å².